The first-order chi connectivity index (χ1) is 12.0. The third-order valence-corrected chi connectivity index (χ3v) is 3.73. The first-order valence-electron chi connectivity index (χ1n) is 7.45. The van der Waals surface area contributed by atoms with Crippen molar-refractivity contribution in [2.24, 2.45) is 0 Å². The lowest BCUT2D eigenvalue weighted by Crippen LogP contribution is -2.08. The van der Waals surface area contributed by atoms with Gasteiger partial charge in [0.15, 0.2) is 11.5 Å². The zero-order chi connectivity index (χ0) is 18.2. The maximum Gasteiger partial charge on any atom is 0.387 e. The SMILES string of the molecule is CCOc1cc(/C=C/C(=O)Nc2ccccc2Br)ccc1OC(F)F. The van der Waals surface area contributed by atoms with Crippen LogP contribution in [0.1, 0.15) is 12.5 Å². The smallest absolute Gasteiger partial charge is 0.387 e. The Kier molecular flexibility index (Phi) is 6.94. The molecule has 0 atom stereocenters. The number of amides is 1. The van der Waals surface area contributed by atoms with E-state index in [-0.39, 0.29) is 17.4 Å². The molecule has 0 heterocycles. The van der Waals surface area contributed by atoms with Crippen molar-refractivity contribution in [2.75, 3.05) is 11.9 Å². The molecule has 4 nitrogen and oxygen atoms in total. The highest BCUT2D eigenvalue weighted by Gasteiger charge is 2.11. The van der Waals surface area contributed by atoms with Crippen LogP contribution in [-0.2, 0) is 4.79 Å². The minimum atomic E-state index is -2.93. The Morgan fingerprint density at radius 3 is 2.68 bits per heavy atom. The molecule has 1 amide bonds. The number of hydrogen-bond acceptors (Lipinski definition) is 3. The highest BCUT2D eigenvalue weighted by atomic mass is 79.9. The zero-order valence-electron chi connectivity index (χ0n) is 13.3. The second-order valence-corrected chi connectivity index (χ2v) is 5.67. The Morgan fingerprint density at radius 2 is 2.00 bits per heavy atom. The average molecular weight is 412 g/mol. The standard InChI is InChI=1S/C18H16BrF2NO3/c1-2-24-16-11-12(7-9-15(16)25-18(20)21)8-10-17(23)22-14-6-4-3-5-13(14)19/h3-11,18H,2H2,1H3,(H,22,23)/b10-8+. The molecule has 25 heavy (non-hydrogen) atoms. The maximum atomic E-state index is 12.4. The van der Waals surface area contributed by atoms with E-state index in [4.69, 9.17) is 4.74 Å². The summed E-state index contributed by atoms with van der Waals surface area (Å²) in [6, 6.07) is 11.7. The molecular formula is C18H16BrF2NO3. The van der Waals surface area contributed by atoms with E-state index in [0.29, 0.717) is 17.9 Å². The summed E-state index contributed by atoms with van der Waals surface area (Å²) in [5.74, 6) is -0.180. The molecule has 0 fully saturated rings. The lowest BCUT2D eigenvalue weighted by molar-refractivity contribution is -0.111. The quantitative estimate of drug-likeness (QED) is 0.644. The van der Waals surface area contributed by atoms with Crippen LogP contribution < -0.4 is 14.8 Å². The molecule has 0 saturated carbocycles. The van der Waals surface area contributed by atoms with Gasteiger partial charge in [-0.25, -0.2) is 0 Å². The second kappa shape index (κ2) is 9.17. The summed E-state index contributed by atoms with van der Waals surface area (Å²) in [7, 11) is 0. The summed E-state index contributed by atoms with van der Waals surface area (Å²) in [6.07, 6.45) is 2.90. The Hall–Kier alpha value is -2.41. The van der Waals surface area contributed by atoms with E-state index < -0.39 is 6.61 Å². The van der Waals surface area contributed by atoms with Gasteiger partial charge in [-0.1, -0.05) is 18.2 Å². The van der Waals surface area contributed by atoms with E-state index >= 15 is 0 Å². The van der Waals surface area contributed by atoms with E-state index in [0.717, 1.165) is 4.47 Å². The molecule has 2 aromatic carbocycles. The summed E-state index contributed by atoms with van der Waals surface area (Å²) < 4.78 is 35.2. The zero-order valence-corrected chi connectivity index (χ0v) is 14.9. The van der Waals surface area contributed by atoms with Crippen molar-refractivity contribution >= 4 is 33.6 Å². The van der Waals surface area contributed by atoms with Crippen molar-refractivity contribution in [3.8, 4) is 11.5 Å². The van der Waals surface area contributed by atoms with Gasteiger partial charge >= 0.3 is 6.61 Å². The number of anilines is 1. The van der Waals surface area contributed by atoms with E-state index in [1.54, 1.807) is 31.2 Å². The molecule has 0 unspecified atom stereocenters. The van der Waals surface area contributed by atoms with Crippen LogP contribution >= 0.6 is 15.9 Å². The highest BCUT2D eigenvalue weighted by Crippen LogP contribution is 2.30. The number of nitrogens with one attached hydrogen (secondary N) is 1. The molecule has 0 aliphatic rings. The number of alkyl halides is 2. The molecular weight excluding hydrogens is 396 g/mol. The first kappa shape index (κ1) is 18.9. The highest BCUT2D eigenvalue weighted by molar-refractivity contribution is 9.10. The predicted molar refractivity (Wildman–Crippen MR) is 96.0 cm³/mol. The number of para-hydroxylation sites is 1. The Bertz CT molecular complexity index is 766. The Balaban J connectivity index is 2.10. The van der Waals surface area contributed by atoms with Crippen LogP contribution in [0.2, 0.25) is 0 Å². The summed E-state index contributed by atoms with van der Waals surface area (Å²) >= 11 is 3.34. The predicted octanol–water partition coefficient (Wildman–Crippen LogP) is 5.10. The van der Waals surface area contributed by atoms with Crippen LogP contribution in [0.5, 0.6) is 11.5 Å². The molecule has 0 spiro atoms. The van der Waals surface area contributed by atoms with Gasteiger partial charge in [0, 0.05) is 10.5 Å². The molecule has 7 heteroatoms. The second-order valence-electron chi connectivity index (χ2n) is 4.82. The van der Waals surface area contributed by atoms with Gasteiger partial charge in [-0.2, -0.15) is 8.78 Å². The van der Waals surface area contributed by atoms with Crippen molar-refractivity contribution < 1.29 is 23.0 Å². The third-order valence-electron chi connectivity index (χ3n) is 3.04. The van der Waals surface area contributed by atoms with Gasteiger partial charge in [0.25, 0.3) is 0 Å². The largest absolute Gasteiger partial charge is 0.490 e. The lowest BCUT2D eigenvalue weighted by atomic mass is 10.2. The van der Waals surface area contributed by atoms with E-state index in [1.165, 1.54) is 18.2 Å². The summed E-state index contributed by atoms with van der Waals surface area (Å²) in [4.78, 5) is 12.0. The molecule has 0 radical (unpaired) electrons. The normalized spacial score (nSPS) is 10.9. The number of halogens is 3. The van der Waals surface area contributed by atoms with Gasteiger partial charge < -0.3 is 14.8 Å². The molecule has 1 N–H and O–H groups in total. The molecule has 0 saturated heterocycles. The van der Waals surface area contributed by atoms with Crippen molar-refractivity contribution in [3.63, 3.8) is 0 Å². The Labute approximate surface area is 152 Å². The van der Waals surface area contributed by atoms with Crippen molar-refractivity contribution in [1.82, 2.24) is 0 Å². The fourth-order valence-corrected chi connectivity index (χ4v) is 2.38. The number of hydrogen-bond donors (Lipinski definition) is 1. The van der Waals surface area contributed by atoms with E-state index in [2.05, 4.69) is 26.0 Å². The molecule has 2 aromatic rings. The van der Waals surface area contributed by atoms with Crippen LogP contribution in [0.4, 0.5) is 14.5 Å². The van der Waals surface area contributed by atoms with Gasteiger partial charge in [-0.3, -0.25) is 4.79 Å². The lowest BCUT2D eigenvalue weighted by Gasteiger charge is -2.11. The fraction of sp³-hybridized carbons (Fsp3) is 0.167. The molecule has 132 valence electrons. The third kappa shape index (κ3) is 5.86. The van der Waals surface area contributed by atoms with Crippen molar-refractivity contribution in [1.29, 1.82) is 0 Å². The van der Waals surface area contributed by atoms with Crippen molar-refractivity contribution in [2.45, 2.75) is 13.5 Å². The van der Waals surface area contributed by atoms with Crippen molar-refractivity contribution in [3.05, 3.63) is 58.6 Å². The summed E-state index contributed by atoms with van der Waals surface area (Å²) in [5.41, 5.74) is 1.26. The van der Waals surface area contributed by atoms with Gasteiger partial charge in [0.05, 0.1) is 12.3 Å². The molecule has 0 aromatic heterocycles. The Morgan fingerprint density at radius 1 is 1.24 bits per heavy atom. The minimum absolute atomic E-state index is 0.0494. The van der Waals surface area contributed by atoms with Crippen LogP contribution in [0.15, 0.2) is 53.0 Å². The molecule has 0 aliphatic heterocycles. The van der Waals surface area contributed by atoms with E-state index in [1.807, 2.05) is 12.1 Å². The van der Waals surface area contributed by atoms with Crippen LogP contribution in [0.3, 0.4) is 0 Å². The van der Waals surface area contributed by atoms with E-state index in [9.17, 15) is 13.6 Å². The number of carbonyl (C=O) groups excluding carboxylic acids is 1. The topological polar surface area (TPSA) is 47.6 Å². The molecule has 2 rings (SSSR count). The number of carbonyl (C=O) groups is 1. The molecule has 0 aliphatic carbocycles. The first-order valence-corrected chi connectivity index (χ1v) is 8.24. The molecule has 0 bridgehead atoms. The van der Waals surface area contributed by atoms with Crippen LogP contribution in [-0.4, -0.2) is 19.1 Å². The van der Waals surface area contributed by atoms with Crippen LogP contribution in [0.25, 0.3) is 6.08 Å². The monoisotopic (exact) mass is 411 g/mol. The van der Waals surface area contributed by atoms with Gasteiger partial charge in [0.1, 0.15) is 0 Å². The average Bonchev–Trinajstić information content (AvgIpc) is 2.57. The van der Waals surface area contributed by atoms with Gasteiger partial charge in [0.2, 0.25) is 5.91 Å². The number of benzene rings is 2. The summed E-state index contributed by atoms with van der Waals surface area (Å²) in [6.45, 7) is -0.898. The number of rotatable bonds is 7. The van der Waals surface area contributed by atoms with Gasteiger partial charge in [-0.05, 0) is 58.8 Å². The van der Waals surface area contributed by atoms with Gasteiger partial charge in [-0.15, -0.1) is 0 Å². The summed E-state index contributed by atoms with van der Waals surface area (Å²) in [5, 5.41) is 2.73. The van der Waals surface area contributed by atoms with Crippen LogP contribution in [0, 0.1) is 0 Å². The fourth-order valence-electron chi connectivity index (χ4n) is 2.00. The number of ether oxygens (including phenoxy) is 2. The maximum absolute atomic E-state index is 12.4. The minimum Gasteiger partial charge on any atom is -0.490 e.